The summed E-state index contributed by atoms with van der Waals surface area (Å²) in [5.41, 5.74) is 1.98. The summed E-state index contributed by atoms with van der Waals surface area (Å²) in [6.07, 6.45) is 3.11. The lowest BCUT2D eigenvalue weighted by atomic mass is 9.90. The van der Waals surface area contributed by atoms with E-state index in [0.29, 0.717) is 15.8 Å². The minimum Gasteiger partial charge on any atom is -0.453 e. The number of carbonyl (C=O) groups is 2. The van der Waals surface area contributed by atoms with Gasteiger partial charge in [-0.2, -0.15) is 5.26 Å². The maximum Gasteiger partial charge on any atom is 0.348 e. The number of fused-ring (bicyclic) bond motifs is 1. The van der Waals surface area contributed by atoms with Crippen LogP contribution in [0.3, 0.4) is 0 Å². The minimum absolute atomic E-state index is 0.408. The lowest BCUT2D eigenvalue weighted by Gasteiger charge is -2.16. The van der Waals surface area contributed by atoms with Crippen molar-refractivity contribution in [2.45, 2.75) is 39.0 Å². The van der Waals surface area contributed by atoms with Crippen LogP contribution in [0.4, 0.5) is 0 Å². The number of hydrogen-bond donors (Lipinski definition) is 0. The third kappa shape index (κ3) is 3.97. The number of carbonyl (C=O) groups excluding carboxylic acids is 2. The Kier molecular flexibility index (Phi) is 5.30. The first kappa shape index (κ1) is 17.8. The van der Waals surface area contributed by atoms with Gasteiger partial charge in [0.15, 0.2) is 18.3 Å². The maximum absolute atomic E-state index is 12.2. The number of aryl methyl sites for hydroxylation is 2. The number of Topliss-reactive ketones (excluding diaryl/α,β-unsaturated/α-hetero) is 1. The van der Waals surface area contributed by atoms with Gasteiger partial charge in [-0.25, -0.2) is 9.78 Å². The number of aromatic nitrogens is 1. The van der Waals surface area contributed by atoms with Gasteiger partial charge in [0.05, 0.1) is 6.07 Å². The smallest absolute Gasteiger partial charge is 0.348 e. The molecule has 25 heavy (non-hydrogen) atoms. The quantitative estimate of drug-likeness (QED) is 0.746. The Morgan fingerprint density at radius 1 is 1.52 bits per heavy atom. The highest BCUT2D eigenvalue weighted by Gasteiger charge is 2.26. The molecule has 0 spiro atoms. The van der Waals surface area contributed by atoms with Crippen molar-refractivity contribution in [3.63, 3.8) is 0 Å². The summed E-state index contributed by atoms with van der Waals surface area (Å²) in [7, 11) is 0. The number of nitriles is 1. The van der Waals surface area contributed by atoms with E-state index in [1.54, 1.807) is 12.3 Å². The van der Waals surface area contributed by atoms with Gasteiger partial charge >= 0.3 is 5.97 Å². The molecular weight excluding hydrogens is 356 g/mol. The summed E-state index contributed by atoms with van der Waals surface area (Å²) >= 11 is 2.72. The molecule has 2 heterocycles. The van der Waals surface area contributed by atoms with Gasteiger partial charge in [0.2, 0.25) is 0 Å². The number of thiazole rings is 1. The summed E-state index contributed by atoms with van der Waals surface area (Å²) in [5.74, 6) is -1.29. The van der Waals surface area contributed by atoms with Gasteiger partial charge < -0.3 is 4.74 Å². The normalized spacial score (nSPS) is 17.4. The number of ketones is 1. The lowest BCUT2D eigenvalue weighted by Crippen LogP contribution is -2.19. The van der Waals surface area contributed by atoms with Crippen LogP contribution in [0.1, 0.15) is 50.1 Å². The van der Waals surface area contributed by atoms with Crippen LogP contribution in [0.2, 0.25) is 0 Å². The fourth-order valence-corrected chi connectivity index (χ4v) is 4.83. The summed E-state index contributed by atoms with van der Waals surface area (Å²) < 4.78 is 5.15. The monoisotopic (exact) mass is 374 g/mol. The van der Waals surface area contributed by atoms with E-state index < -0.39 is 24.3 Å². The van der Waals surface area contributed by atoms with Crippen molar-refractivity contribution in [2.24, 2.45) is 5.92 Å². The second kappa shape index (κ2) is 7.46. The first-order chi connectivity index (χ1) is 12.0. The molecule has 5 nitrogen and oxygen atoms in total. The fraction of sp³-hybridized carbons (Fsp3) is 0.444. The Morgan fingerprint density at radius 2 is 2.32 bits per heavy atom. The van der Waals surface area contributed by atoms with Crippen LogP contribution in [-0.4, -0.2) is 23.3 Å². The molecule has 0 aromatic carbocycles. The van der Waals surface area contributed by atoms with Crippen molar-refractivity contribution < 1.29 is 14.3 Å². The van der Waals surface area contributed by atoms with Crippen molar-refractivity contribution >= 4 is 34.4 Å². The molecule has 0 saturated heterocycles. The van der Waals surface area contributed by atoms with Crippen molar-refractivity contribution in [1.29, 1.82) is 5.26 Å². The highest BCUT2D eigenvalue weighted by Crippen LogP contribution is 2.32. The highest BCUT2D eigenvalue weighted by molar-refractivity contribution is 7.14. The summed E-state index contributed by atoms with van der Waals surface area (Å²) in [6.45, 7) is 3.60. The molecule has 1 aliphatic carbocycles. The van der Waals surface area contributed by atoms with Gasteiger partial charge in [-0.15, -0.1) is 22.7 Å². The minimum atomic E-state index is -0.983. The number of thiophene rings is 1. The highest BCUT2D eigenvalue weighted by atomic mass is 32.1. The number of esters is 1. The average molecular weight is 374 g/mol. The van der Waals surface area contributed by atoms with Gasteiger partial charge in [-0.3, -0.25) is 4.79 Å². The molecule has 2 atom stereocenters. The summed E-state index contributed by atoms with van der Waals surface area (Å²) in [5, 5.41) is 11.5. The third-order valence-electron chi connectivity index (χ3n) is 4.21. The second-order valence-electron chi connectivity index (χ2n) is 6.34. The molecule has 0 unspecified atom stereocenters. The Morgan fingerprint density at radius 3 is 3.00 bits per heavy atom. The number of ether oxygens (including phenoxy) is 1. The molecule has 130 valence electrons. The van der Waals surface area contributed by atoms with E-state index in [-0.39, 0.29) is 0 Å². The number of nitrogens with zero attached hydrogens (tertiary/aromatic N) is 2. The first-order valence-corrected chi connectivity index (χ1v) is 9.80. The van der Waals surface area contributed by atoms with Crippen LogP contribution in [0, 0.1) is 24.2 Å². The Bertz CT molecular complexity index is 847. The first-order valence-electron chi connectivity index (χ1n) is 8.11. The van der Waals surface area contributed by atoms with Gasteiger partial charge in [0.1, 0.15) is 9.88 Å². The molecule has 2 aromatic rings. The standard InChI is InChI=1S/C18H18N2O3S2/c1-10-3-4-15-12(5-10)6-16(25-15)18(22)23-8-14(21)13(7-19)17-20-11(2)9-24-17/h6,9-10,13H,3-5,8H2,1-2H3/t10-,13-/m0/s1. The average Bonchev–Trinajstić information content (AvgIpc) is 3.19. The van der Waals surface area contributed by atoms with Crippen molar-refractivity contribution in [1.82, 2.24) is 4.98 Å². The zero-order valence-corrected chi connectivity index (χ0v) is 15.7. The molecule has 0 saturated carbocycles. The molecule has 1 aliphatic rings. The Hall–Kier alpha value is -2.04. The molecule has 2 aromatic heterocycles. The van der Waals surface area contributed by atoms with Gasteiger partial charge in [-0.1, -0.05) is 6.92 Å². The van der Waals surface area contributed by atoms with E-state index in [1.165, 1.54) is 33.1 Å². The van der Waals surface area contributed by atoms with E-state index in [1.807, 2.05) is 12.1 Å². The summed E-state index contributed by atoms with van der Waals surface area (Å²) in [4.78, 5) is 30.4. The van der Waals surface area contributed by atoms with Crippen LogP contribution >= 0.6 is 22.7 Å². The molecule has 3 rings (SSSR count). The van der Waals surface area contributed by atoms with Crippen molar-refractivity contribution in [3.8, 4) is 6.07 Å². The van der Waals surface area contributed by atoms with E-state index >= 15 is 0 Å². The number of hydrogen-bond acceptors (Lipinski definition) is 7. The van der Waals surface area contributed by atoms with E-state index in [2.05, 4.69) is 11.9 Å². The summed E-state index contributed by atoms with van der Waals surface area (Å²) in [6, 6.07) is 3.83. The van der Waals surface area contributed by atoms with Crippen molar-refractivity contribution in [2.75, 3.05) is 6.61 Å². The van der Waals surface area contributed by atoms with Crippen LogP contribution in [0.15, 0.2) is 11.4 Å². The van der Waals surface area contributed by atoms with Gasteiger partial charge in [0.25, 0.3) is 0 Å². The fourth-order valence-electron chi connectivity index (χ4n) is 2.87. The molecule has 0 fully saturated rings. The predicted octanol–water partition coefficient (Wildman–Crippen LogP) is 3.67. The molecule has 0 radical (unpaired) electrons. The SMILES string of the molecule is Cc1csc([C@@H](C#N)C(=O)COC(=O)c2cc3c(s2)CC[C@H](C)C3)n1. The molecule has 0 aliphatic heterocycles. The third-order valence-corrected chi connectivity index (χ3v) is 6.46. The number of rotatable bonds is 5. The predicted molar refractivity (Wildman–Crippen MR) is 96.0 cm³/mol. The zero-order valence-electron chi connectivity index (χ0n) is 14.1. The van der Waals surface area contributed by atoms with E-state index in [9.17, 15) is 14.9 Å². The van der Waals surface area contributed by atoms with Gasteiger partial charge in [-0.05, 0) is 43.7 Å². The van der Waals surface area contributed by atoms with Crippen molar-refractivity contribution in [3.05, 3.63) is 37.5 Å². The topological polar surface area (TPSA) is 80.0 Å². The zero-order chi connectivity index (χ0) is 18.0. The second-order valence-corrected chi connectivity index (χ2v) is 8.37. The van der Waals surface area contributed by atoms with Crippen LogP contribution < -0.4 is 0 Å². The molecular formula is C18H18N2O3S2. The van der Waals surface area contributed by atoms with Crippen LogP contribution in [0.5, 0.6) is 0 Å². The lowest BCUT2D eigenvalue weighted by molar-refractivity contribution is -0.122. The molecule has 0 bridgehead atoms. The van der Waals surface area contributed by atoms with Gasteiger partial charge in [0, 0.05) is 16.0 Å². The van der Waals surface area contributed by atoms with E-state index in [4.69, 9.17) is 4.74 Å². The Labute approximate surface area is 154 Å². The van der Waals surface area contributed by atoms with E-state index in [0.717, 1.165) is 25.0 Å². The Balaban J connectivity index is 1.62. The molecule has 0 amide bonds. The van der Waals surface area contributed by atoms with Crippen LogP contribution in [0.25, 0.3) is 0 Å². The molecule has 7 heteroatoms. The largest absolute Gasteiger partial charge is 0.453 e. The maximum atomic E-state index is 12.2. The molecule has 0 N–H and O–H groups in total. The van der Waals surface area contributed by atoms with Crippen LogP contribution in [-0.2, 0) is 22.4 Å².